The van der Waals surface area contributed by atoms with E-state index < -0.39 is 35.1 Å². The molecule has 1 fully saturated rings. The van der Waals surface area contributed by atoms with Crippen LogP contribution in [0.3, 0.4) is 0 Å². The number of esters is 1. The van der Waals surface area contributed by atoms with E-state index in [4.69, 9.17) is 18.9 Å². The van der Waals surface area contributed by atoms with E-state index in [1.54, 1.807) is 11.3 Å². The van der Waals surface area contributed by atoms with Gasteiger partial charge in [0, 0.05) is 25.9 Å². The summed E-state index contributed by atoms with van der Waals surface area (Å²) in [6, 6.07) is 6.08. The summed E-state index contributed by atoms with van der Waals surface area (Å²) >= 11 is 1.57. The van der Waals surface area contributed by atoms with Gasteiger partial charge in [0.05, 0.1) is 68.2 Å². The normalized spacial score (nSPS) is 17.0. The minimum atomic E-state index is -0.919. The van der Waals surface area contributed by atoms with Crippen molar-refractivity contribution in [2.75, 3.05) is 46.2 Å². The van der Waals surface area contributed by atoms with Crippen LogP contribution < -0.4 is 10.6 Å². The second-order valence-corrected chi connectivity index (χ2v) is 15.2. The molecule has 2 aromatic rings. The Hall–Kier alpha value is -3.43. The number of aromatic nitrogens is 1. The quantitative estimate of drug-likeness (QED) is 0.154. The first-order valence-corrected chi connectivity index (χ1v) is 17.9. The highest BCUT2D eigenvalue weighted by atomic mass is 32.1. The number of ether oxygens (including phenoxy) is 4. The van der Waals surface area contributed by atoms with Crippen molar-refractivity contribution in [1.82, 2.24) is 20.5 Å². The Morgan fingerprint density at radius 2 is 1.54 bits per heavy atom. The number of thiazole rings is 1. The summed E-state index contributed by atoms with van der Waals surface area (Å²) in [6.45, 7) is 14.8. The third kappa shape index (κ3) is 13.7. The number of hydrogen-bond donors (Lipinski definition) is 3. The van der Waals surface area contributed by atoms with Gasteiger partial charge >= 0.3 is 5.97 Å². The molecule has 278 valence electrons. The summed E-state index contributed by atoms with van der Waals surface area (Å²) in [6.07, 6.45) is -0.542. The zero-order chi connectivity index (χ0) is 36.9. The van der Waals surface area contributed by atoms with Gasteiger partial charge in [0.1, 0.15) is 17.7 Å². The van der Waals surface area contributed by atoms with Crippen LogP contribution in [0.4, 0.5) is 0 Å². The summed E-state index contributed by atoms with van der Waals surface area (Å²) in [5, 5.41) is 16.2. The van der Waals surface area contributed by atoms with Crippen molar-refractivity contribution in [2.24, 2.45) is 5.41 Å². The van der Waals surface area contributed by atoms with Crippen LogP contribution in [0.15, 0.2) is 29.8 Å². The number of aliphatic hydroxyl groups is 1. The molecule has 1 aromatic carbocycles. The number of benzene rings is 1. The van der Waals surface area contributed by atoms with Crippen LogP contribution in [-0.4, -0.2) is 109 Å². The average Bonchev–Trinajstić information content (AvgIpc) is 3.65. The van der Waals surface area contributed by atoms with E-state index in [2.05, 4.69) is 15.6 Å². The van der Waals surface area contributed by atoms with E-state index in [9.17, 15) is 24.3 Å². The average molecular weight is 719 g/mol. The minimum Gasteiger partial charge on any atom is -0.460 e. The Morgan fingerprint density at radius 3 is 2.10 bits per heavy atom. The highest BCUT2D eigenvalue weighted by Crippen LogP contribution is 2.28. The number of nitrogens with one attached hydrogen (secondary N) is 2. The first-order valence-electron chi connectivity index (χ1n) is 17.0. The van der Waals surface area contributed by atoms with Gasteiger partial charge in [-0.25, -0.2) is 4.98 Å². The molecule has 0 bridgehead atoms. The van der Waals surface area contributed by atoms with Crippen molar-refractivity contribution in [3.8, 4) is 10.4 Å². The molecule has 1 saturated heterocycles. The Kier molecular flexibility index (Phi) is 15.8. The summed E-state index contributed by atoms with van der Waals surface area (Å²) in [5.74, 6) is -1.46. The summed E-state index contributed by atoms with van der Waals surface area (Å²) in [4.78, 5) is 58.4. The molecule has 1 aliphatic rings. The Balaban J connectivity index is 1.39. The number of carbonyl (C=O) groups excluding carboxylic acids is 4. The molecule has 50 heavy (non-hydrogen) atoms. The second-order valence-electron chi connectivity index (χ2n) is 14.4. The predicted molar refractivity (Wildman–Crippen MR) is 189 cm³/mol. The molecule has 0 spiro atoms. The van der Waals surface area contributed by atoms with Crippen LogP contribution in [0, 0.1) is 12.3 Å². The molecule has 0 aliphatic carbocycles. The summed E-state index contributed by atoms with van der Waals surface area (Å²) < 4.78 is 21.6. The summed E-state index contributed by atoms with van der Waals surface area (Å²) in [5.41, 5.74) is 3.54. The number of aliphatic hydroxyl groups excluding tert-OH is 1. The SMILES string of the molecule is Cc1ncsc1-c1ccc(CNC(=O)C2CC(O)CN2C(=O)C(NC(=O)CCOCCOCCOCCC(=O)OC(C)(C)C)C(C)(C)C)cc1. The molecule has 1 aliphatic heterocycles. The van der Waals surface area contributed by atoms with Crippen LogP contribution >= 0.6 is 11.3 Å². The van der Waals surface area contributed by atoms with E-state index in [1.165, 1.54) is 4.90 Å². The van der Waals surface area contributed by atoms with E-state index in [-0.39, 0.29) is 70.0 Å². The van der Waals surface area contributed by atoms with Crippen LogP contribution in [0.5, 0.6) is 0 Å². The standard InChI is InChI=1S/C36H54N4O9S/c1-24-31(50-23-38-24)26-10-8-25(9-11-26)21-37-33(44)28-20-27(41)22-40(28)34(45)32(35(2,3)4)39-29(42)12-14-46-16-18-48-19-17-47-15-13-30(43)49-36(5,6)7/h8-11,23,27-28,32,41H,12-22H2,1-7H3,(H,37,44)(H,39,42). The highest BCUT2D eigenvalue weighted by Gasteiger charge is 2.44. The molecule has 3 amide bonds. The number of rotatable bonds is 18. The lowest BCUT2D eigenvalue weighted by atomic mass is 9.85. The maximum absolute atomic E-state index is 13.8. The van der Waals surface area contributed by atoms with Crippen LogP contribution in [0.1, 0.15) is 72.1 Å². The van der Waals surface area contributed by atoms with Gasteiger partial charge in [-0.15, -0.1) is 11.3 Å². The maximum Gasteiger partial charge on any atom is 0.308 e. The molecule has 14 heteroatoms. The number of likely N-dealkylation sites (tertiary alicyclic amines) is 1. The zero-order valence-corrected chi connectivity index (χ0v) is 31.2. The Bertz CT molecular complexity index is 1400. The monoisotopic (exact) mass is 718 g/mol. The maximum atomic E-state index is 13.8. The Morgan fingerprint density at radius 1 is 0.940 bits per heavy atom. The highest BCUT2D eigenvalue weighted by molar-refractivity contribution is 7.13. The van der Waals surface area contributed by atoms with Crippen molar-refractivity contribution >= 4 is 35.0 Å². The van der Waals surface area contributed by atoms with Crippen LogP contribution in [0.25, 0.3) is 10.4 Å². The molecule has 0 saturated carbocycles. The van der Waals surface area contributed by atoms with E-state index in [0.717, 1.165) is 21.7 Å². The Labute approximate surface area is 299 Å². The first kappa shape index (κ1) is 41.0. The predicted octanol–water partition coefficient (Wildman–Crippen LogP) is 3.40. The molecule has 3 unspecified atom stereocenters. The zero-order valence-electron chi connectivity index (χ0n) is 30.4. The molecular formula is C36H54N4O9S. The van der Waals surface area contributed by atoms with E-state index in [0.29, 0.717) is 19.8 Å². The second kappa shape index (κ2) is 19.3. The van der Waals surface area contributed by atoms with Crippen LogP contribution in [-0.2, 0) is 44.7 Å². The minimum absolute atomic E-state index is 0.000159. The van der Waals surface area contributed by atoms with Crippen molar-refractivity contribution in [3.05, 3.63) is 41.0 Å². The van der Waals surface area contributed by atoms with Crippen molar-refractivity contribution < 1.29 is 43.2 Å². The number of β-amino-alcohol motifs (C(OH)–C–C–N with tert-alkyl or cyclic N) is 1. The number of amides is 3. The fourth-order valence-electron chi connectivity index (χ4n) is 5.27. The smallest absolute Gasteiger partial charge is 0.308 e. The summed E-state index contributed by atoms with van der Waals surface area (Å²) in [7, 11) is 0. The third-order valence-corrected chi connectivity index (χ3v) is 8.78. The number of nitrogens with zero attached hydrogens (tertiary/aromatic N) is 2. The fraction of sp³-hybridized carbons (Fsp3) is 0.639. The van der Waals surface area contributed by atoms with Gasteiger partial charge in [-0.1, -0.05) is 45.0 Å². The molecule has 2 heterocycles. The third-order valence-electron chi connectivity index (χ3n) is 7.80. The van der Waals surface area contributed by atoms with Gasteiger partial charge in [-0.3, -0.25) is 19.2 Å². The lowest BCUT2D eigenvalue weighted by Crippen LogP contribution is -2.57. The van der Waals surface area contributed by atoms with Gasteiger partial charge in [-0.2, -0.15) is 0 Å². The number of hydrogen-bond acceptors (Lipinski definition) is 11. The molecule has 3 atom stereocenters. The van der Waals surface area contributed by atoms with Gasteiger partial charge in [0.15, 0.2) is 0 Å². The first-order chi connectivity index (χ1) is 23.5. The van der Waals surface area contributed by atoms with Crippen LogP contribution in [0.2, 0.25) is 0 Å². The topological polar surface area (TPSA) is 166 Å². The molecule has 3 rings (SSSR count). The lowest BCUT2D eigenvalue weighted by Gasteiger charge is -2.35. The van der Waals surface area contributed by atoms with Gasteiger partial charge < -0.3 is 39.6 Å². The van der Waals surface area contributed by atoms with Crippen molar-refractivity contribution in [2.45, 2.75) is 98.1 Å². The van der Waals surface area contributed by atoms with E-state index >= 15 is 0 Å². The molecule has 0 radical (unpaired) electrons. The molecule has 13 nitrogen and oxygen atoms in total. The lowest BCUT2D eigenvalue weighted by molar-refractivity contribution is -0.156. The van der Waals surface area contributed by atoms with Crippen molar-refractivity contribution in [3.63, 3.8) is 0 Å². The van der Waals surface area contributed by atoms with Gasteiger partial charge in [0.25, 0.3) is 0 Å². The molecular weight excluding hydrogens is 664 g/mol. The van der Waals surface area contributed by atoms with Gasteiger partial charge in [-0.05, 0) is 44.2 Å². The number of aryl methyl sites for hydroxylation is 1. The van der Waals surface area contributed by atoms with Crippen molar-refractivity contribution in [1.29, 1.82) is 0 Å². The molecule has 1 aromatic heterocycles. The number of carbonyl (C=O) groups is 4. The largest absolute Gasteiger partial charge is 0.460 e. The fourth-order valence-corrected chi connectivity index (χ4v) is 6.08. The van der Waals surface area contributed by atoms with Gasteiger partial charge in [0.2, 0.25) is 17.7 Å². The van der Waals surface area contributed by atoms with E-state index in [1.807, 2.05) is 78.2 Å². The molecule has 3 N–H and O–H groups in total.